The van der Waals surface area contributed by atoms with Crippen molar-refractivity contribution in [3.05, 3.63) is 33.9 Å². The van der Waals surface area contributed by atoms with E-state index in [2.05, 4.69) is 17.1 Å². The summed E-state index contributed by atoms with van der Waals surface area (Å²) in [5.74, 6) is -0.163. The average molecular weight is 319 g/mol. The predicted octanol–water partition coefficient (Wildman–Crippen LogP) is 3.47. The normalized spacial score (nSPS) is 16.3. The van der Waals surface area contributed by atoms with Gasteiger partial charge in [0.1, 0.15) is 5.69 Å². The van der Waals surface area contributed by atoms with E-state index in [0.29, 0.717) is 11.3 Å². The molecular weight excluding hydrogens is 294 g/mol. The number of carbonyl (C=O) groups is 1. The van der Waals surface area contributed by atoms with Gasteiger partial charge in [-0.2, -0.15) is 0 Å². The van der Waals surface area contributed by atoms with E-state index < -0.39 is 4.92 Å². The third-order valence-electron chi connectivity index (χ3n) is 4.38. The number of hydrogen-bond donors (Lipinski definition) is 1. The molecule has 1 aliphatic heterocycles. The molecule has 1 N–H and O–H groups in total. The molecule has 1 saturated heterocycles. The summed E-state index contributed by atoms with van der Waals surface area (Å²) < 4.78 is 0. The average Bonchev–Trinajstić information content (AvgIpc) is 2.54. The summed E-state index contributed by atoms with van der Waals surface area (Å²) in [6.07, 6.45) is 4.38. The molecule has 23 heavy (non-hydrogen) atoms. The molecule has 0 spiro atoms. The number of rotatable bonds is 7. The quantitative estimate of drug-likeness (QED) is 0.473. The van der Waals surface area contributed by atoms with Gasteiger partial charge in [0.25, 0.3) is 5.69 Å². The van der Waals surface area contributed by atoms with Gasteiger partial charge in [0.2, 0.25) is 0 Å². The fraction of sp³-hybridized carbons (Fsp3) is 0.588. The van der Waals surface area contributed by atoms with Crippen LogP contribution in [0, 0.1) is 10.1 Å². The third kappa shape index (κ3) is 4.76. The highest BCUT2D eigenvalue weighted by molar-refractivity contribution is 5.95. The van der Waals surface area contributed by atoms with E-state index in [9.17, 15) is 14.9 Å². The minimum absolute atomic E-state index is 0.0221. The lowest BCUT2D eigenvalue weighted by Crippen LogP contribution is -2.39. The molecule has 0 radical (unpaired) electrons. The van der Waals surface area contributed by atoms with E-state index in [1.807, 2.05) is 0 Å². The standard InChI is InChI=1S/C17H25N3O3/c1-3-4-9-19-10-7-15(8-11-19)18-16-6-5-14(13(2)21)12-17(16)20(22)23/h5-6,12,15,18H,3-4,7-11H2,1-2H3. The van der Waals surface area contributed by atoms with Crippen molar-refractivity contribution in [1.82, 2.24) is 4.90 Å². The fourth-order valence-corrected chi connectivity index (χ4v) is 2.93. The zero-order valence-corrected chi connectivity index (χ0v) is 13.9. The topological polar surface area (TPSA) is 75.5 Å². The number of nitrogens with zero attached hydrogens (tertiary/aromatic N) is 2. The number of nitro benzene ring substituents is 1. The molecule has 1 aromatic carbocycles. The summed E-state index contributed by atoms with van der Waals surface area (Å²) in [7, 11) is 0. The van der Waals surface area contributed by atoms with Gasteiger partial charge in [0, 0.05) is 30.8 Å². The SMILES string of the molecule is CCCCN1CCC(Nc2ccc(C(C)=O)cc2[N+](=O)[O-])CC1. The van der Waals surface area contributed by atoms with E-state index in [-0.39, 0.29) is 17.5 Å². The van der Waals surface area contributed by atoms with Crippen molar-refractivity contribution in [2.45, 2.75) is 45.6 Å². The van der Waals surface area contributed by atoms with Crippen LogP contribution in [0.25, 0.3) is 0 Å². The molecule has 0 aromatic heterocycles. The molecule has 1 heterocycles. The van der Waals surface area contributed by atoms with Gasteiger partial charge in [-0.25, -0.2) is 0 Å². The Morgan fingerprint density at radius 3 is 2.65 bits per heavy atom. The first-order valence-electron chi connectivity index (χ1n) is 8.29. The molecular formula is C17H25N3O3. The molecule has 6 heteroatoms. The number of benzene rings is 1. The lowest BCUT2D eigenvalue weighted by molar-refractivity contribution is -0.384. The van der Waals surface area contributed by atoms with E-state index in [1.54, 1.807) is 12.1 Å². The number of ketones is 1. The number of anilines is 1. The molecule has 1 aromatic rings. The lowest BCUT2D eigenvalue weighted by Gasteiger charge is -2.32. The molecule has 6 nitrogen and oxygen atoms in total. The van der Waals surface area contributed by atoms with Crippen LogP contribution in [0.2, 0.25) is 0 Å². The number of unbranched alkanes of at least 4 members (excludes halogenated alkanes) is 1. The number of nitro groups is 1. The molecule has 1 fully saturated rings. The maximum atomic E-state index is 11.4. The maximum absolute atomic E-state index is 11.4. The van der Waals surface area contributed by atoms with Crippen molar-refractivity contribution >= 4 is 17.2 Å². The van der Waals surface area contributed by atoms with Crippen LogP contribution in [0.4, 0.5) is 11.4 Å². The molecule has 126 valence electrons. The minimum atomic E-state index is -0.425. The summed E-state index contributed by atoms with van der Waals surface area (Å²) in [5, 5.41) is 14.5. The van der Waals surface area contributed by atoms with Crippen LogP contribution in [0.1, 0.15) is 49.9 Å². The zero-order chi connectivity index (χ0) is 16.8. The highest BCUT2D eigenvalue weighted by atomic mass is 16.6. The highest BCUT2D eigenvalue weighted by Crippen LogP contribution is 2.28. The van der Waals surface area contributed by atoms with Gasteiger partial charge in [-0.15, -0.1) is 0 Å². The van der Waals surface area contributed by atoms with Crippen molar-refractivity contribution < 1.29 is 9.72 Å². The van der Waals surface area contributed by atoms with Crippen molar-refractivity contribution in [2.75, 3.05) is 25.0 Å². The van der Waals surface area contributed by atoms with E-state index in [0.717, 1.165) is 32.5 Å². The molecule has 0 aliphatic carbocycles. The van der Waals surface area contributed by atoms with Crippen molar-refractivity contribution in [3.8, 4) is 0 Å². The summed E-state index contributed by atoms with van der Waals surface area (Å²) in [6.45, 7) is 6.79. The molecule has 0 bridgehead atoms. The third-order valence-corrected chi connectivity index (χ3v) is 4.38. The molecule has 0 saturated carbocycles. The Balaban J connectivity index is 2.00. The Bertz CT molecular complexity index is 566. The van der Waals surface area contributed by atoms with Crippen LogP contribution in [0.3, 0.4) is 0 Å². The number of hydrogen-bond acceptors (Lipinski definition) is 5. The molecule has 2 rings (SSSR count). The summed E-state index contributed by atoms with van der Waals surface area (Å²) in [6, 6.07) is 4.91. The zero-order valence-electron chi connectivity index (χ0n) is 13.9. The van der Waals surface area contributed by atoms with E-state index in [1.165, 1.54) is 25.8 Å². The summed E-state index contributed by atoms with van der Waals surface area (Å²) in [5.41, 5.74) is 0.856. The number of Topliss-reactive ketones (excluding diaryl/α,β-unsaturated/α-hetero) is 1. The van der Waals surface area contributed by atoms with Gasteiger partial charge in [-0.3, -0.25) is 14.9 Å². The lowest BCUT2D eigenvalue weighted by atomic mass is 10.0. The van der Waals surface area contributed by atoms with Crippen LogP contribution in [0.5, 0.6) is 0 Å². The Kier molecular flexibility index (Phi) is 6.10. The van der Waals surface area contributed by atoms with Crippen LogP contribution in [-0.2, 0) is 0 Å². The van der Waals surface area contributed by atoms with Gasteiger partial charge >= 0.3 is 0 Å². The van der Waals surface area contributed by atoms with Gasteiger partial charge in [-0.05, 0) is 44.9 Å². The van der Waals surface area contributed by atoms with Crippen LogP contribution < -0.4 is 5.32 Å². The van der Waals surface area contributed by atoms with Crippen molar-refractivity contribution in [3.63, 3.8) is 0 Å². The predicted molar refractivity (Wildman–Crippen MR) is 91.1 cm³/mol. The van der Waals surface area contributed by atoms with Crippen LogP contribution >= 0.6 is 0 Å². The monoisotopic (exact) mass is 319 g/mol. The fourth-order valence-electron chi connectivity index (χ4n) is 2.93. The number of likely N-dealkylation sites (tertiary alicyclic amines) is 1. The maximum Gasteiger partial charge on any atom is 0.293 e. The van der Waals surface area contributed by atoms with Gasteiger partial charge in [0.15, 0.2) is 5.78 Å². The second-order valence-electron chi connectivity index (χ2n) is 6.16. The number of piperidine rings is 1. The Morgan fingerprint density at radius 2 is 2.09 bits per heavy atom. The summed E-state index contributed by atoms with van der Waals surface area (Å²) in [4.78, 5) is 24.7. The van der Waals surface area contributed by atoms with E-state index >= 15 is 0 Å². The first-order chi connectivity index (χ1) is 11.0. The highest BCUT2D eigenvalue weighted by Gasteiger charge is 2.22. The smallest absolute Gasteiger partial charge is 0.293 e. The molecule has 1 aliphatic rings. The van der Waals surface area contributed by atoms with Crippen molar-refractivity contribution in [2.24, 2.45) is 0 Å². The first-order valence-corrected chi connectivity index (χ1v) is 8.29. The Morgan fingerprint density at radius 1 is 1.39 bits per heavy atom. The minimum Gasteiger partial charge on any atom is -0.377 e. The second kappa shape index (κ2) is 8.06. The Labute approximate surface area is 137 Å². The van der Waals surface area contributed by atoms with Crippen LogP contribution in [0.15, 0.2) is 18.2 Å². The second-order valence-corrected chi connectivity index (χ2v) is 6.16. The van der Waals surface area contributed by atoms with Gasteiger partial charge < -0.3 is 10.2 Å². The first kappa shape index (κ1) is 17.4. The number of carbonyl (C=O) groups excluding carboxylic acids is 1. The van der Waals surface area contributed by atoms with E-state index in [4.69, 9.17) is 0 Å². The van der Waals surface area contributed by atoms with Gasteiger partial charge in [0.05, 0.1) is 4.92 Å². The van der Waals surface area contributed by atoms with Crippen LogP contribution in [-0.4, -0.2) is 41.3 Å². The van der Waals surface area contributed by atoms with Gasteiger partial charge in [-0.1, -0.05) is 13.3 Å². The number of nitrogens with one attached hydrogen (secondary N) is 1. The summed E-state index contributed by atoms with van der Waals surface area (Å²) >= 11 is 0. The van der Waals surface area contributed by atoms with Crippen molar-refractivity contribution in [1.29, 1.82) is 0 Å². The Hall–Kier alpha value is -1.95. The molecule has 0 amide bonds. The molecule has 0 unspecified atom stereocenters. The molecule has 0 atom stereocenters. The largest absolute Gasteiger partial charge is 0.377 e.